The van der Waals surface area contributed by atoms with Gasteiger partial charge in [0.05, 0.1) is 13.6 Å². The number of allylic oxidation sites excluding steroid dienone is 2. The van der Waals surface area contributed by atoms with Crippen LogP contribution in [0.2, 0.25) is 19.6 Å². The van der Waals surface area contributed by atoms with Crippen LogP contribution in [-0.2, 0) is 11.2 Å². The second kappa shape index (κ2) is 3.48. The van der Waals surface area contributed by atoms with Crippen molar-refractivity contribution in [3.05, 3.63) is 47.5 Å². The molecular weight excluding hydrogens is 241 g/mol. The van der Waals surface area contributed by atoms with Gasteiger partial charge in [-0.1, -0.05) is 43.9 Å². The first-order chi connectivity index (χ1) is 7.67. The lowest BCUT2D eigenvalue weighted by Crippen LogP contribution is -2.39. The third kappa shape index (κ3) is 2.06. The first-order valence-corrected chi connectivity index (χ1v) is 9.05. The van der Waals surface area contributed by atoms with E-state index in [0.717, 1.165) is 5.56 Å². The van der Waals surface area contributed by atoms with E-state index in [-0.39, 0.29) is 5.04 Å². The summed E-state index contributed by atoms with van der Waals surface area (Å²) >= 11 is 0. The number of alkyl halides is 3. The molecule has 1 aliphatic rings. The molecule has 0 amide bonds. The maximum Gasteiger partial charge on any atom is 0.416 e. The molecule has 0 nitrogen and oxygen atoms in total. The average molecular weight is 256 g/mol. The van der Waals surface area contributed by atoms with Crippen molar-refractivity contribution in [2.24, 2.45) is 0 Å². The standard InChI is InChI=1S/C13H15F3Si/c1-17(2,3)12(8-9-12)10-4-6-11(7-5-10)13(14,15)16/h4-9H,1-3H3. The number of halogens is 3. The molecule has 1 aromatic rings. The average Bonchev–Trinajstić information content (AvgIpc) is 2.96. The van der Waals surface area contributed by atoms with Crippen LogP contribution >= 0.6 is 0 Å². The first-order valence-electron chi connectivity index (χ1n) is 5.55. The zero-order chi connectivity index (χ0) is 12.9. The quantitative estimate of drug-likeness (QED) is 0.544. The molecule has 0 aromatic heterocycles. The van der Waals surface area contributed by atoms with Gasteiger partial charge in [-0.15, -0.1) is 0 Å². The third-order valence-electron chi connectivity index (χ3n) is 3.43. The highest BCUT2D eigenvalue weighted by molar-refractivity contribution is 6.81. The molecule has 0 N–H and O–H groups in total. The fraction of sp³-hybridized carbons (Fsp3) is 0.385. The Labute approximate surface area is 100 Å². The van der Waals surface area contributed by atoms with Gasteiger partial charge in [-0.3, -0.25) is 0 Å². The van der Waals surface area contributed by atoms with E-state index in [2.05, 4.69) is 31.8 Å². The molecule has 0 radical (unpaired) electrons. The summed E-state index contributed by atoms with van der Waals surface area (Å²) in [5.41, 5.74) is 0.414. The Hall–Kier alpha value is -1.03. The topological polar surface area (TPSA) is 0 Å². The first kappa shape index (κ1) is 12.4. The minimum absolute atomic E-state index is 0.0306. The molecule has 0 saturated heterocycles. The summed E-state index contributed by atoms with van der Waals surface area (Å²) in [6.45, 7) is 6.68. The van der Waals surface area contributed by atoms with Crippen molar-refractivity contribution >= 4 is 8.07 Å². The fourth-order valence-electron chi connectivity index (χ4n) is 2.14. The molecule has 0 saturated carbocycles. The highest BCUT2D eigenvalue weighted by atomic mass is 28.3. The van der Waals surface area contributed by atoms with Gasteiger partial charge < -0.3 is 0 Å². The predicted molar refractivity (Wildman–Crippen MR) is 65.6 cm³/mol. The SMILES string of the molecule is C[Si](C)(C)C1(c2ccc(C(F)(F)F)cc2)C=C1. The van der Waals surface area contributed by atoms with Gasteiger partial charge in [0.2, 0.25) is 0 Å². The number of benzene rings is 1. The maximum absolute atomic E-state index is 12.5. The molecule has 0 atom stereocenters. The molecule has 0 heterocycles. The molecule has 4 heteroatoms. The maximum atomic E-state index is 12.5. The van der Waals surface area contributed by atoms with Crippen molar-refractivity contribution in [2.45, 2.75) is 30.9 Å². The van der Waals surface area contributed by atoms with Crippen molar-refractivity contribution in [3.8, 4) is 0 Å². The van der Waals surface area contributed by atoms with E-state index in [0.29, 0.717) is 0 Å². The minimum Gasteiger partial charge on any atom is -0.166 e. The molecule has 0 spiro atoms. The summed E-state index contributed by atoms with van der Waals surface area (Å²) in [5.74, 6) is 0. The fourth-order valence-corrected chi connectivity index (χ4v) is 4.26. The van der Waals surface area contributed by atoms with Crippen LogP contribution in [0.3, 0.4) is 0 Å². The second-order valence-electron chi connectivity index (χ2n) is 5.53. The Morgan fingerprint density at radius 2 is 1.41 bits per heavy atom. The van der Waals surface area contributed by atoms with E-state index < -0.39 is 19.8 Å². The highest BCUT2D eigenvalue weighted by Gasteiger charge is 2.48. The van der Waals surface area contributed by atoms with Crippen LogP contribution in [0.1, 0.15) is 11.1 Å². The van der Waals surface area contributed by atoms with Crippen LogP contribution in [0, 0.1) is 0 Å². The van der Waals surface area contributed by atoms with Crippen molar-refractivity contribution in [3.63, 3.8) is 0 Å². The van der Waals surface area contributed by atoms with E-state index in [9.17, 15) is 13.2 Å². The molecule has 1 aromatic carbocycles. The predicted octanol–water partition coefficient (Wildman–Crippen LogP) is 4.39. The number of rotatable bonds is 2. The Balaban J connectivity index is 2.32. The number of hydrogen-bond donors (Lipinski definition) is 0. The van der Waals surface area contributed by atoms with Gasteiger partial charge in [0.1, 0.15) is 0 Å². The molecule has 0 aliphatic heterocycles. The van der Waals surface area contributed by atoms with E-state index in [1.807, 2.05) is 0 Å². The molecule has 0 unspecified atom stereocenters. The van der Waals surface area contributed by atoms with Crippen molar-refractivity contribution in [2.75, 3.05) is 0 Å². The van der Waals surface area contributed by atoms with Crippen molar-refractivity contribution in [1.29, 1.82) is 0 Å². The third-order valence-corrected chi connectivity index (χ3v) is 6.53. The summed E-state index contributed by atoms with van der Waals surface area (Å²) in [4.78, 5) is 0. The molecule has 92 valence electrons. The largest absolute Gasteiger partial charge is 0.416 e. The van der Waals surface area contributed by atoms with Gasteiger partial charge in [-0.05, 0) is 17.7 Å². The number of hydrogen-bond acceptors (Lipinski definition) is 0. The zero-order valence-electron chi connectivity index (χ0n) is 10.1. The Bertz CT molecular complexity index is 443. The van der Waals surface area contributed by atoms with Crippen molar-refractivity contribution < 1.29 is 13.2 Å². The summed E-state index contributed by atoms with van der Waals surface area (Å²) in [5, 5.41) is -0.0306. The summed E-state index contributed by atoms with van der Waals surface area (Å²) in [6, 6.07) is 5.58. The Morgan fingerprint density at radius 1 is 0.941 bits per heavy atom. The second-order valence-corrected chi connectivity index (χ2v) is 10.9. The summed E-state index contributed by atoms with van der Waals surface area (Å²) in [6.07, 6.45) is -0.0224. The van der Waals surface area contributed by atoms with E-state index in [4.69, 9.17) is 0 Å². The molecule has 1 aliphatic carbocycles. The normalized spacial score (nSPS) is 18.2. The molecule has 0 bridgehead atoms. The van der Waals surface area contributed by atoms with Gasteiger partial charge in [0.25, 0.3) is 0 Å². The van der Waals surface area contributed by atoms with E-state index in [1.165, 1.54) is 12.1 Å². The van der Waals surface area contributed by atoms with Gasteiger partial charge in [-0.2, -0.15) is 13.2 Å². The lowest BCUT2D eigenvalue weighted by molar-refractivity contribution is -0.137. The van der Waals surface area contributed by atoms with Crippen molar-refractivity contribution in [1.82, 2.24) is 0 Å². The molecule has 2 rings (SSSR count). The van der Waals surface area contributed by atoms with E-state index >= 15 is 0 Å². The van der Waals surface area contributed by atoms with Crippen LogP contribution in [0.5, 0.6) is 0 Å². The van der Waals surface area contributed by atoms with Gasteiger partial charge >= 0.3 is 6.18 Å². The van der Waals surface area contributed by atoms with E-state index in [1.54, 1.807) is 12.1 Å². The van der Waals surface area contributed by atoms with Crippen LogP contribution in [-0.4, -0.2) is 8.07 Å². The Morgan fingerprint density at radius 3 is 1.71 bits per heavy atom. The monoisotopic (exact) mass is 256 g/mol. The molecular formula is C13H15F3Si. The lowest BCUT2D eigenvalue weighted by atomic mass is 10.1. The highest BCUT2D eigenvalue weighted by Crippen LogP contribution is 2.46. The molecule has 0 fully saturated rings. The van der Waals surface area contributed by atoms with Gasteiger partial charge in [-0.25, -0.2) is 0 Å². The Kier molecular flexibility index (Phi) is 2.54. The van der Waals surface area contributed by atoms with Gasteiger partial charge in [0.15, 0.2) is 0 Å². The lowest BCUT2D eigenvalue weighted by Gasteiger charge is -2.30. The molecule has 17 heavy (non-hydrogen) atoms. The van der Waals surface area contributed by atoms with Crippen LogP contribution in [0.15, 0.2) is 36.4 Å². The van der Waals surface area contributed by atoms with Gasteiger partial charge in [0, 0.05) is 5.04 Å². The zero-order valence-corrected chi connectivity index (χ0v) is 11.1. The summed E-state index contributed by atoms with van der Waals surface area (Å²) in [7, 11) is -1.47. The summed E-state index contributed by atoms with van der Waals surface area (Å²) < 4.78 is 37.4. The smallest absolute Gasteiger partial charge is 0.166 e. The van der Waals surface area contributed by atoms with Crippen LogP contribution in [0.25, 0.3) is 0 Å². The van der Waals surface area contributed by atoms with Crippen LogP contribution < -0.4 is 0 Å². The van der Waals surface area contributed by atoms with Crippen LogP contribution in [0.4, 0.5) is 13.2 Å². The minimum atomic E-state index is -4.25.